The summed E-state index contributed by atoms with van der Waals surface area (Å²) < 4.78 is 5.50. The number of nitrogens with one attached hydrogen (secondary N) is 1. The molecular weight excluding hydrogens is 445 g/mol. The van der Waals surface area contributed by atoms with Gasteiger partial charge in [-0.25, -0.2) is 0 Å². The largest absolute Gasteiger partial charge is 0.452 e. The smallest absolute Gasteiger partial charge is 0.318 e. The first-order chi connectivity index (χ1) is 14.4. The van der Waals surface area contributed by atoms with Crippen molar-refractivity contribution in [1.29, 1.82) is 0 Å². The van der Waals surface area contributed by atoms with Crippen LogP contribution in [0, 0.1) is 0 Å². The maximum Gasteiger partial charge on any atom is 0.318 e. The number of hydrogen-bond acceptors (Lipinski definition) is 3. The molecule has 3 aromatic rings. The third kappa shape index (κ3) is 5.33. The van der Waals surface area contributed by atoms with Crippen molar-refractivity contribution in [3.8, 4) is 0 Å². The molecule has 0 aliphatic heterocycles. The Bertz CT molecular complexity index is 1000. The van der Waals surface area contributed by atoms with Crippen molar-refractivity contribution < 1.29 is 14.3 Å². The normalized spacial score (nSPS) is 11.8. The van der Waals surface area contributed by atoms with Gasteiger partial charge in [-0.2, -0.15) is 0 Å². The van der Waals surface area contributed by atoms with Crippen LogP contribution in [0.2, 0.25) is 15.1 Å². The van der Waals surface area contributed by atoms with Crippen LogP contribution in [0.4, 0.5) is 5.69 Å². The van der Waals surface area contributed by atoms with E-state index >= 15 is 0 Å². The Balaban J connectivity index is 1.77. The summed E-state index contributed by atoms with van der Waals surface area (Å²) in [4.78, 5) is 25.6. The van der Waals surface area contributed by atoms with Gasteiger partial charge in [-0.05, 0) is 30.2 Å². The highest BCUT2D eigenvalue weighted by Gasteiger charge is 2.28. The van der Waals surface area contributed by atoms with Gasteiger partial charge in [0.1, 0.15) is 5.92 Å². The molecule has 0 spiro atoms. The average molecular weight is 463 g/mol. The van der Waals surface area contributed by atoms with Crippen molar-refractivity contribution in [1.82, 2.24) is 0 Å². The van der Waals surface area contributed by atoms with E-state index in [1.165, 1.54) is 19.1 Å². The minimum Gasteiger partial charge on any atom is -0.452 e. The molecule has 30 heavy (non-hydrogen) atoms. The number of esters is 1. The van der Waals surface area contributed by atoms with Crippen LogP contribution >= 0.6 is 34.8 Å². The molecule has 154 valence electrons. The van der Waals surface area contributed by atoms with Gasteiger partial charge in [0, 0.05) is 0 Å². The maximum absolute atomic E-state index is 13.0. The van der Waals surface area contributed by atoms with Crippen LogP contribution in [-0.2, 0) is 14.3 Å². The maximum atomic E-state index is 13.0. The van der Waals surface area contributed by atoms with Crippen LogP contribution in [0.25, 0.3) is 0 Å². The fourth-order valence-electron chi connectivity index (χ4n) is 2.90. The number of amides is 1. The van der Waals surface area contributed by atoms with Crippen LogP contribution in [0.5, 0.6) is 0 Å². The summed E-state index contributed by atoms with van der Waals surface area (Å²) in [7, 11) is 0. The minimum absolute atomic E-state index is 0.225. The van der Waals surface area contributed by atoms with Gasteiger partial charge in [-0.15, -0.1) is 0 Å². The second-order valence-electron chi connectivity index (χ2n) is 6.57. The third-order valence-corrected chi connectivity index (χ3v) is 5.47. The van der Waals surface area contributed by atoms with Crippen molar-refractivity contribution in [3.05, 3.63) is 99.0 Å². The molecule has 0 fully saturated rings. The number of rotatable bonds is 6. The SMILES string of the molecule is C[C@H](OC(=O)C(c1ccccc1)c1ccccc1)C(=O)Nc1cc(Cl)c(Cl)cc1Cl. The van der Waals surface area contributed by atoms with E-state index in [2.05, 4.69) is 5.32 Å². The number of carbonyl (C=O) groups excluding carboxylic acids is 2. The number of carbonyl (C=O) groups is 2. The lowest BCUT2D eigenvalue weighted by atomic mass is 9.91. The first kappa shape index (κ1) is 22.2. The number of anilines is 1. The van der Waals surface area contributed by atoms with Crippen LogP contribution < -0.4 is 5.32 Å². The number of ether oxygens (including phenoxy) is 1. The lowest BCUT2D eigenvalue weighted by molar-refractivity contribution is -0.153. The fraction of sp³-hybridized carbons (Fsp3) is 0.130. The monoisotopic (exact) mass is 461 g/mol. The van der Waals surface area contributed by atoms with Gasteiger partial charge < -0.3 is 10.1 Å². The zero-order chi connectivity index (χ0) is 21.7. The van der Waals surface area contributed by atoms with Crippen molar-refractivity contribution in [2.45, 2.75) is 18.9 Å². The van der Waals surface area contributed by atoms with Gasteiger partial charge in [0.05, 0.1) is 20.8 Å². The van der Waals surface area contributed by atoms with Gasteiger partial charge in [-0.3, -0.25) is 9.59 Å². The summed E-state index contributed by atoms with van der Waals surface area (Å²) in [6.07, 6.45) is -1.06. The molecule has 0 heterocycles. The molecule has 3 aromatic carbocycles. The topological polar surface area (TPSA) is 55.4 Å². The molecular formula is C23H18Cl3NO3. The molecule has 0 saturated heterocycles. The molecule has 0 saturated carbocycles. The Hall–Kier alpha value is -2.53. The summed E-state index contributed by atoms with van der Waals surface area (Å²) in [6.45, 7) is 1.49. The van der Waals surface area contributed by atoms with Crippen molar-refractivity contribution in [2.24, 2.45) is 0 Å². The predicted octanol–water partition coefficient (Wildman–Crippen LogP) is 6.35. The van der Waals surface area contributed by atoms with E-state index in [1.807, 2.05) is 60.7 Å². The molecule has 4 nitrogen and oxygen atoms in total. The Morgan fingerprint density at radius 1 is 0.800 bits per heavy atom. The second-order valence-corrected chi connectivity index (χ2v) is 7.79. The predicted molar refractivity (Wildman–Crippen MR) is 120 cm³/mol. The summed E-state index contributed by atoms with van der Waals surface area (Å²) in [5, 5.41) is 3.35. The molecule has 1 N–H and O–H groups in total. The zero-order valence-electron chi connectivity index (χ0n) is 15.9. The lowest BCUT2D eigenvalue weighted by Gasteiger charge is -2.20. The quantitative estimate of drug-likeness (QED) is 0.343. The van der Waals surface area contributed by atoms with Crippen LogP contribution in [0.3, 0.4) is 0 Å². The van der Waals surface area contributed by atoms with E-state index in [4.69, 9.17) is 39.5 Å². The summed E-state index contributed by atoms with van der Waals surface area (Å²) in [5.41, 5.74) is 1.82. The Morgan fingerprint density at radius 3 is 1.83 bits per heavy atom. The Labute approximate surface area is 189 Å². The van der Waals surface area contributed by atoms with Gasteiger partial charge >= 0.3 is 5.97 Å². The number of halogens is 3. The number of hydrogen-bond donors (Lipinski definition) is 1. The summed E-state index contributed by atoms with van der Waals surface area (Å²) >= 11 is 18.0. The highest BCUT2D eigenvalue weighted by atomic mass is 35.5. The lowest BCUT2D eigenvalue weighted by Crippen LogP contribution is -2.32. The van der Waals surface area contributed by atoms with Crippen molar-refractivity contribution >= 4 is 52.4 Å². The van der Waals surface area contributed by atoms with Gasteiger partial charge in [0.2, 0.25) is 0 Å². The summed E-state index contributed by atoms with van der Waals surface area (Å²) in [5.74, 6) is -1.73. The average Bonchev–Trinajstić information content (AvgIpc) is 2.73. The molecule has 0 bridgehead atoms. The fourth-order valence-corrected chi connectivity index (χ4v) is 3.50. The molecule has 7 heteroatoms. The third-order valence-electron chi connectivity index (χ3n) is 4.43. The molecule has 0 aliphatic carbocycles. The van der Waals surface area contributed by atoms with Gasteiger partial charge in [0.25, 0.3) is 5.91 Å². The molecule has 0 radical (unpaired) electrons. The van der Waals surface area contributed by atoms with Crippen LogP contribution in [0.15, 0.2) is 72.8 Å². The molecule has 0 aromatic heterocycles. The minimum atomic E-state index is -1.06. The highest BCUT2D eigenvalue weighted by molar-refractivity contribution is 6.44. The van der Waals surface area contributed by atoms with Crippen molar-refractivity contribution in [3.63, 3.8) is 0 Å². The van der Waals surface area contributed by atoms with E-state index < -0.39 is 23.9 Å². The Kier molecular flexibility index (Phi) is 7.38. The van der Waals surface area contributed by atoms with Gasteiger partial charge in [0.15, 0.2) is 6.10 Å². The molecule has 3 rings (SSSR count). The Morgan fingerprint density at radius 2 is 1.30 bits per heavy atom. The van der Waals surface area contributed by atoms with Crippen molar-refractivity contribution in [2.75, 3.05) is 5.32 Å². The van der Waals surface area contributed by atoms with Crippen LogP contribution in [-0.4, -0.2) is 18.0 Å². The number of benzene rings is 3. The van der Waals surface area contributed by atoms with Crippen LogP contribution in [0.1, 0.15) is 24.0 Å². The van der Waals surface area contributed by atoms with E-state index in [0.717, 1.165) is 11.1 Å². The van der Waals surface area contributed by atoms with Gasteiger partial charge in [-0.1, -0.05) is 95.5 Å². The van der Waals surface area contributed by atoms with E-state index in [9.17, 15) is 9.59 Å². The highest BCUT2D eigenvalue weighted by Crippen LogP contribution is 2.32. The van der Waals surface area contributed by atoms with E-state index in [-0.39, 0.29) is 20.8 Å². The zero-order valence-corrected chi connectivity index (χ0v) is 18.2. The first-order valence-corrected chi connectivity index (χ1v) is 10.3. The molecule has 1 amide bonds. The summed E-state index contributed by atoms with van der Waals surface area (Å²) in [6, 6.07) is 21.4. The van der Waals surface area contributed by atoms with E-state index in [1.54, 1.807) is 0 Å². The standard InChI is InChI=1S/C23H18Cl3NO3/c1-14(22(28)27-20-13-18(25)17(24)12-19(20)26)30-23(29)21(15-8-4-2-5-9-15)16-10-6-3-7-11-16/h2-14,21H,1H3,(H,27,28)/t14-/m0/s1. The second kappa shape index (κ2) is 9.98. The first-order valence-electron chi connectivity index (χ1n) is 9.12. The molecule has 1 atom stereocenters. The molecule has 0 aliphatic rings. The van der Waals surface area contributed by atoms with E-state index in [0.29, 0.717) is 0 Å². The molecule has 0 unspecified atom stereocenters.